The number of hydrazine groups is 1. The Morgan fingerprint density at radius 1 is 1.44 bits per heavy atom. The van der Waals surface area contributed by atoms with Crippen molar-refractivity contribution in [3.8, 4) is 0 Å². The number of carbonyl (C=O) groups is 2. The lowest BCUT2D eigenvalue weighted by molar-refractivity contribution is -0.154. The highest BCUT2D eigenvalue weighted by molar-refractivity contribution is 5.80. The van der Waals surface area contributed by atoms with Crippen LogP contribution in [-0.2, 0) is 16.6 Å². The molecule has 2 rings (SSSR count). The van der Waals surface area contributed by atoms with Gasteiger partial charge in [0.2, 0.25) is 18.3 Å². The van der Waals surface area contributed by atoms with Crippen molar-refractivity contribution in [2.45, 2.75) is 32.6 Å². The second-order valence-corrected chi connectivity index (χ2v) is 5.78. The summed E-state index contributed by atoms with van der Waals surface area (Å²) in [5.74, 6) is -0.645. The smallest absolute Gasteiger partial charge is 0.243 e. The molecule has 2 heterocycles. The van der Waals surface area contributed by atoms with E-state index in [-0.39, 0.29) is 24.8 Å². The molecule has 10 heteroatoms. The van der Waals surface area contributed by atoms with Gasteiger partial charge in [0.25, 0.3) is 0 Å². The molecule has 0 saturated heterocycles. The Balaban J connectivity index is 1.97. The Hall–Kier alpha value is -2.75. The van der Waals surface area contributed by atoms with Gasteiger partial charge >= 0.3 is 0 Å². The van der Waals surface area contributed by atoms with Gasteiger partial charge in [-0.25, -0.2) is 10.0 Å². The number of carbonyl (C=O) groups excluding carboxylic acids is 2. The van der Waals surface area contributed by atoms with Crippen LogP contribution in [-0.4, -0.2) is 48.9 Å². The van der Waals surface area contributed by atoms with Crippen LogP contribution >= 0.6 is 0 Å². The number of unbranched alkanes of at least 4 members (excludes halogenated alkanes) is 2. The zero-order valence-electron chi connectivity index (χ0n) is 14.3. The Labute approximate surface area is 145 Å². The number of hydrogen-bond donors (Lipinski definition) is 3. The van der Waals surface area contributed by atoms with Crippen LogP contribution in [0.5, 0.6) is 0 Å². The highest BCUT2D eigenvalue weighted by Gasteiger charge is 2.20. The molecule has 0 aliphatic carbocycles. The van der Waals surface area contributed by atoms with Gasteiger partial charge in [0, 0.05) is 13.2 Å². The maximum absolute atomic E-state index is 12.3. The standard InChI is InChI=1S/C15H23N7O3/c1-3-4-5-6-11(9-22(25)10-23)14(24)19-20-15-16-7-12-8-17-21(2)13(12)18-15/h7-8,10-11,25H,3-6,9H2,1-2H3,(H,19,24)(H,16,18,20). The maximum Gasteiger partial charge on any atom is 0.243 e. The van der Waals surface area contributed by atoms with Crippen molar-refractivity contribution in [1.82, 2.24) is 30.2 Å². The minimum atomic E-state index is -0.533. The number of rotatable bonds is 10. The summed E-state index contributed by atoms with van der Waals surface area (Å²) in [6.45, 7) is 1.99. The number of nitrogens with one attached hydrogen (secondary N) is 2. The first kappa shape index (κ1) is 18.6. The minimum absolute atomic E-state index is 0.0671. The third-order valence-corrected chi connectivity index (χ3v) is 3.83. The summed E-state index contributed by atoms with van der Waals surface area (Å²) < 4.78 is 1.60. The van der Waals surface area contributed by atoms with E-state index in [0.717, 1.165) is 24.6 Å². The highest BCUT2D eigenvalue weighted by atomic mass is 16.5. The molecule has 0 fully saturated rings. The van der Waals surface area contributed by atoms with Gasteiger partial charge in [0.15, 0.2) is 5.65 Å². The molecular formula is C15H23N7O3. The molecule has 0 spiro atoms. The fourth-order valence-electron chi connectivity index (χ4n) is 2.43. The zero-order valence-corrected chi connectivity index (χ0v) is 14.3. The van der Waals surface area contributed by atoms with Crippen LogP contribution < -0.4 is 10.9 Å². The summed E-state index contributed by atoms with van der Waals surface area (Å²) in [5, 5.41) is 14.7. The number of nitrogens with zero attached hydrogens (tertiary/aromatic N) is 5. The lowest BCUT2D eigenvalue weighted by Crippen LogP contribution is -2.40. The number of aryl methyl sites for hydroxylation is 1. The van der Waals surface area contributed by atoms with Crippen LogP contribution in [0.3, 0.4) is 0 Å². The van der Waals surface area contributed by atoms with E-state index in [2.05, 4.69) is 32.8 Å². The number of fused-ring (bicyclic) bond motifs is 1. The van der Waals surface area contributed by atoms with Gasteiger partial charge in [-0.3, -0.25) is 30.3 Å². The number of anilines is 1. The van der Waals surface area contributed by atoms with Crippen molar-refractivity contribution in [3.63, 3.8) is 0 Å². The molecule has 0 saturated carbocycles. The molecule has 0 aromatic carbocycles. The molecule has 25 heavy (non-hydrogen) atoms. The first-order chi connectivity index (χ1) is 12.0. The number of hydrogen-bond acceptors (Lipinski definition) is 7. The van der Waals surface area contributed by atoms with E-state index in [9.17, 15) is 14.8 Å². The average molecular weight is 349 g/mol. The fraction of sp³-hybridized carbons (Fsp3) is 0.533. The van der Waals surface area contributed by atoms with Crippen LogP contribution in [0.4, 0.5) is 5.95 Å². The van der Waals surface area contributed by atoms with Crippen molar-refractivity contribution in [1.29, 1.82) is 0 Å². The molecule has 1 atom stereocenters. The molecule has 0 aliphatic heterocycles. The first-order valence-electron chi connectivity index (χ1n) is 8.16. The molecule has 2 aromatic heterocycles. The van der Waals surface area contributed by atoms with Gasteiger partial charge in [0.05, 0.1) is 24.0 Å². The SMILES string of the molecule is CCCCCC(CN(O)C=O)C(=O)NNc1ncc2cnn(C)c2n1. The Bertz CT molecular complexity index is 718. The number of hydroxylamine groups is 2. The van der Waals surface area contributed by atoms with Gasteiger partial charge in [-0.15, -0.1) is 0 Å². The molecule has 0 bridgehead atoms. The Morgan fingerprint density at radius 2 is 2.24 bits per heavy atom. The van der Waals surface area contributed by atoms with Crippen LogP contribution in [0.15, 0.2) is 12.4 Å². The highest BCUT2D eigenvalue weighted by Crippen LogP contribution is 2.13. The third-order valence-electron chi connectivity index (χ3n) is 3.83. The fourth-order valence-corrected chi connectivity index (χ4v) is 2.43. The van der Waals surface area contributed by atoms with E-state index in [4.69, 9.17) is 0 Å². The van der Waals surface area contributed by atoms with E-state index < -0.39 is 5.92 Å². The second-order valence-electron chi connectivity index (χ2n) is 5.78. The van der Waals surface area contributed by atoms with Gasteiger partial charge in [-0.1, -0.05) is 26.2 Å². The van der Waals surface area contributed by atoms with Crippen LogP contribution in [0, 0.1) is 5.92 Å². The van der Waals surface area contributed by atoms with Crippen LogP contribution in [0.2, 0.25) is 0 Å². The third kappa shape index (κ3) is 5.11. The van der Waals surface area contributed by atoms with Crippen molar-refractivity contribution in [2.75, 3.05) is 12.0 Å². The lowest BCUT2D eigenvalue weighted by Gasteiger charge is -2.19. The molecule has 1 unspecified atom stereocenters. The Morgan fingerprint density at radius 3 is 2.96 bits per heavy atom. The van der Waals surface area contributed by atoms with E-state index in [1.165, 1.54) is 0 Å². The monoisotopic (exact) mass is 349 g/mol. The topological polar surface area (TPSA) is 125 Å². The van der Waals surface area contributed by atoms with Crippen molar-refractivity contribution in [2.24, 2.45) is 13.0 Å². The van der Waals surface area contributed by atoms with Gasteiger partial charge in [-0.2, -0.15) is 10.1 Å². The molecule has 0 aliphatic rings. The van der Waals surface area contributed by atoms with Crippen molar-refractivity contribution >= 4 is 29.3 Å². The first-order valence-corrected chi connectivity index (χ1v) is 8.16. The molecule has 2 amide bonds. The summed E-state index contributed by atoms with van der Waals surface area (Å²) >= 11 is 0. The van der Waals surface area contributed by atoms with Gasteiger partial charge in [0.1, 0.15) is 0 Å². The average Bonchev–Trinajstić information content (AvgIpc) is 2.99. The molecule has 3 N–H and O–H groups in total. The molecule has 0 radical (unpaired) electrons. The lowest BCUT2D eigenvalue weighted by atomic mass is 10.0. The molecule has 136 valence electrons. The summed E-state index contributed by atoms with van der Waals surface area (Å²) in [4.78, 5) is 31.3. The van der Waals surface area contributed by atoms with E-state index in [1.807, 2.05) is 0 Å². The molecule has 10 nitrogen and oxygen atoms in total. The minimum Gasteiger partial charge on any atom is -0.286 e. The largest absolute Gasteiger partial charge is 0.286 e. The quantitative estimate of drug-likeness (QED) is 0.251. The summed E-state index contributed by atoms with van der Waals surface area (Å²) in [6.07, 6.45) is 6.92. The predicted octanol–water partition coefficient (Wildman–Crippen LogP) is 0.851. The van der Waals surface area contributed by atoms with Crippen molar-refractivity contribution < 1.29 is 14.8 Å². The summed E-state index contributed by atoms with van der Waals surface area (Å²) in [5.41, 5.74) is 5.83. The summed E-state index contributed by atoms with van der Waals surface area (Å²) in [7, 11) is 1.76. The van der Waals surface area contributed by atoms with Crippen LogP contribution in [0.25, 0.3) is 11.0 Å². The zero-order chi connectivity index (χ0) is 18.2. The second kappa shape index (κ2) is 8.92. The maximum atomic E-state index is 12.3. The van der Waals surface area contributed by atoms with Crippen molar-refractivity contribution in [3.05, 3.63) is 12.4 Å². The van der Waals surface area contributed by atoms with Gasteiger partial charge in [-0.05, 0) is 6.42 Å². The number of amides is 2. The Kier molecular flexibility index (Phi) is 6.63. The molecular weight excluding hydrogens is 326 g/mol. The van der Waals surface area contributed by atoms with Gasteiger partial charge < -0.3 is 0 Å². The summed E-state index contributed by atoms with van der Waals surface area (Å²) in [6, 6.07) is 0. The van der Waals surface area contributed by atoms with E-state index in [1.54, 1.807) is 24.1 Å². The van der Waals surface area contributed by atoms with E-state index in [0.29, 0.717) is 17.1 Å². The number of aromatic nitrogens is 4. The predicted molar refractivity (Wildman–Crippen MR) is 90.3 cm³/mol. The normalized spacial score (nSPS) is 12.0. The van der Waals surface area contributed by atoms with Crippen LogP contribution in [0.1, 0.15) is 32.6 Å². The molecule has 2 aromatic rings. The van der Waals surface area contributed by atoms with E-state index >= 15 is 0 Å².